The highest BCUT2D eigenvalue weighted by molar-refractivity contribution is 4.88. The second kappa shape index (κ2) is 6.55. The predicted octanol–water partition coefficient (Wildman–Crippen LogP) is 2.51. The normalized spacial score (nSPS) is 36.3. The molecular weight excluding hydrogens is 236 g/mol. The van der Waals surface area contributed by atoms with Crippen LogP contribution >= 0.6 is 0 Å². The molecule has 19 heavy (non-hydrogen) atoms. The van der Waals surface area contributed by atoms with Crippen LogP contribution in [0.3, 0.4) is 0 Å². The minimum absolute atomic E-state index is 0.0339. The lowest BCUT2D eigenvalue weighted by Gasteiger charge is -2.43. The van der Waals surface area contributed by atoms with Gasteiger partial charge >= 0.3 is 0 Å². The number of hydrogen-bond donors (Lipinski definition) is 1. The van der Waals surface area contributed by atoms with Gasteiger partial charge in [-0.1, -0.05) is 13.3 Å². The Morgan fingerprint density at radius 2 is 2.11 bits per heavy atom. The van der Waals surface area contributed by atoms with E-state index in [-0.39, 0.29) is 5.60 Å². The first-order chi connectivity index (χ1) is 9.04. The van der Waals surface area contributed by atoms with Gasteiger partial charge in [-0.15, -0.1) is 0 Å². The average Bonchev–Trinajstić information content (AvgIpc) is 2.37. The quantitative estimate of drug-likeness (QED) is 0.848. The molecule has 2 rings (SSSR count). The summed E-state index contributed by atoms with van der Waals surface area (Å²) in [6.07, 6.45) is 5.52. The molecule has 3 atom stereocenters. The highest BCUT2D eigenvalue weighted by Crippen LogP contribution is 2.32. The van der Waals surface area contributed by atoms with Crippen LogP contribution in [0.5, 0.6) is 0 Å². The largest absolute Gasteiger partial charge is 0.373 e. The van der Waals surface area contributed by atoms with E-state index < -0.39 is 0 Å². The highest BCUT2D eigenvalue weighted by atomic mass is 16.5. The van der Waals surface area contributed by atoms with Crippen LogP contribution in [0.2, 0.25) is 0 Å². The summed E-state index contributed by atoms with van der Waals surface area (Å²) in [6.45, 7) is 11.1. The molecule has 0 bridgehead atoms. The Morgan fingerprint density at radius 1 is 1.32 bits per heavy atom. The number of nitrogens with zero attached hydrogens (tertiary/aromatic N) is 1. The third kappa shape index (κ3) is 4.17. The van der Waals surface area contributed by atoms with Crippen molar-refractivity contribution in [2.45, 2.75) is 58.1 Å². The number of rotatable bonds is 4. The second-order valence-electron chi connectivity index (χ2n) is 7.09. The zero-order valence-corrected chi connectivity index (χ0v) is 13.2. The Balaban J connectivity index is 1.91. The van der Waals surface area contributed by atoms with Gasteiger partial charge in [0.05, 0.1) is 12.2 Å². The van der Waals surface area contributed by atoms with Crippen molar-refractivity contribution in [1.82, 2.24) is 10.2 Å². The second-order valence-corrected chi connectivity index (χ2v) is 7.09. The highest BCUT2D eigenvalue weighted by Gasteiger charge is 2.33. The maximum atomic E-state index is 5.82. The molecule has 1 saturated heterocycles. The van der Waals surface area contributed by atoms with Crippen LogP contribution in [0.1, 0.15) is 46.5 Å². The van der Waals surface area contributed by atoms with Crippen LogP contribution in [-0.4, -0.2) is 49.8 Å². The van der Waals surface area contributed by atoms with Crippen LogP contribution in [0, 0.1) is 11.8 Å². The average molecular weight is 268 g/mol. The fourth-order valence-electron chi connectivity index (χ4n) is 3.92. The van der Waals surface area contributed by atoms with Gasteiger partial charge < -0.3 is 10.1 Å². The molecule has 0 aromatic heterocycles. The van der Waals surface area contributed by atoms with Gasteiger partial charge in [0, 0.05) is 25.7 Å². The van der Waals surface area contributed by atoms with Crippen molar-refractivity contribution in [2.24, 2.45) is 11.8 Å². The summed E-state index contributed by atoms with van der Waals surface area (Å²) in [5, 5.41) is 3.55. The standard InChI is InChI=1S/C16H32N2O/c1-5-13-6-7-15(17-4)14(10-13)11-18-8-9-19-16(2,3)12-18/h13-15,17H,5-12H2,1-4H3. The molecule has 3 heteroatoms. The van der Waals surface area contributed by atoms with Gasteiger partial charge in [-0.25, -0.2) is 0 Å². The molecule has 0 spiro atoms. The third-order valence-corrected chi connectivity index (χ3v) is 5.04. The van der Waals surface area contributed by atoms with Crippen molar-refractivity contribution < 1.29 is 4.74 Å². The first-order valence-electron chi connectivity index (χ1n) is 8.07. The van der Waals surface area contributed by atoms with E-state index in [0.29, 0.717) is 6.04 Å². The first kappa shape index (κ1) is 15.3. The molecule has 0 radical (unpaired) electrons. The number of morpholine rings is 1. The zero-order valence-electron chi connectivity index (χ0n) is 13.2. The van der Waals surface area contributed by atoms with Gasteiger partial charge in [0.2, 0.25) is 0 Å². The Labute approximate surface area is 119 Å². The third-order valence-electron chi connectivity index (χ3n) is 5.04. The molecule has 2 aliphatic rings. The number of hydrogen-bond acceptors (Lipinski definition) is 3. The van der Waals surface area contributed by atoms with Crippen LogP contribution in [-0.2, 0) is 4.74 Å². The van der Waals surface area contributed by atoms with E-state index in [9.17, 15) is 0 Å². The van der Waals surface area contributed by atoms with E-state index in [0.717, 1.165) is 31.5 Å². The maximum Gasteiger partial charge on any atom is 0.0753 e. The fraction of sp³-hybridized carbons (Fsp3) is 1.00. The Kier molecular flexibility index (Phi) is 5.27. The van der Waals surface area contributed by atoms with Crippen LogP contribution in [0.25, 0.3) is 0 Å². The molecular formula is C16H32N2O. The lowest BCUT2D eigenvalue weighted by atomic mass is 9.76. The molecule has 1 saturated carbocycles. The van der Waals surface area contributed by atoms with Crippen molar-refractivity contribution >= 4 is 0 Å². The molecule has 1 aliphatic heterocycles. The minimum Gasteiger partial charge on any atom is -0.373 e. The van der Waals surface area contributed by atoms with Gasteiger partial charge in [-0.2, -0.15) is 0 Å². The van der Waals surface area contributed by atoms with Crippen molar-refractivity contribution in [2.75, 3.05) is 33.3 Å². The topological polar surface area (TPSA) is 24.5 Å². The molecule has 0 aromatic rings. The molecule has 112 valence electrons. The van der Waals surface area contributed by atoms with E-state index >= 15 is 0 Å². The summed E-state index contributed by atoms with van der Waals surface area (Å²) in [7, 11) is 2.13. The monoisotopic (exact) mass is 268 g/mol. The summed E-state index contributed by atoms with van der Waals surface area (Å²) in [5.41, 5.74) is 0.0339. The van der Waals surface area contributed by atoms with Crippen molar-refractivity contribution in [3.05, 3.63) is 0 Å². The Bertz CT molecular complexity index is 280. The molecule has 3 nitrogen and oxygen atoms in total. The van der Waals surface area contributed by atoms with Gasteiger partial charge in [0.1, 0.15) is 0 Å². The lowest BCUT2D eigenvalue weighted by molar-refractivity contribution is -0.0913. The van der Waals surface area contributed by atoms with Gasteiger partial charge in [0.15, 0.2) is 0 Å². The SMILES string of the molecule is CCC1CCC(NC)C(CN2CCOC(C)(C)C2)C1. The number of nitrogens with one attached hydrogen (secondary N) is 1. The summed E-state index contributed by atoms with van der Waals surface area (Å²) < 4.78 is 5.82. The summed E-state index contributed by atoms with van der Waals surface area (Å²) in [4.78, 5) is 2.62. The van der Waals surface area contributed by atoms with E-state index in [1.807, 2.05) is 0 Å². The van der Waals surface area contributed by atoms with Gasteiger partial charge in [-0.3, -0.25) is 4.90 Å². The lowest BCUT2D eigenvalue weighted by Crippen LogP contribution is -2.52. The van der Waals surface area contributed by atoms with E-state index in [4.69, 9.17) is 4.74 Å². The molecule has 3 unspecified atom stereocenters. The Morgan fingerprint density at radius 3 is 2.74 bits per heavy atom. The van der Waals surface area contributed by atoms with E-state index in [2.05, 4.69) is 38.0 Å². The number of ether oxygens (including phenoxy) is 1. The predicted molar refractivity (Wildman–Crippen MR) is 80.4 cm³/mol. The van der Waals surface area contributed by atoms with Gasteiger partial charge in [-0.05, 0) is 52.0 Å². The molecule has 0 amide bonds. The molecule has 0 aromatic carbocycles. The van der Waals surface area contributed by atoms with Crippen molar-refractivity contribution in [3.8, 4) is 0 Å². The van der Waals surface area contributed by atoms with Crippen molar-refractivity contribution in [3.63, 3.8) is 0 Å². The van der Waals surface area contributed by atoms with Crippen LogP contribution in [0.4, 0.5) is 0 Å². The van der Waals surface area contributed by atoms with E-state index in [1.54, 1.807) is 0 Å². The first-order valence-corrected chi connectivity index (χ1v) is 8.07. The summed E-state index contributed by atoms with van der Waals surface area (Å²) in [5.74, 6) is 1.77. The molecule has 1 heterocycles. The minimum atomic E-state index is 0.0339. The molecule has 1 N–H and O–H groups in total. The molecule has 1 aliphatic carbocycles. The Hall–Kier alpha value is -0.120. The van der Waals surface area contributed by atoms with Crippen LogP contribution in [0.15, 0.2) is 0 Å². The van der Waals surface area contributed by atoms with Crippen molar-refractivity contribution in [1.29, 1.82) is 0 Å². The smallest absolute Gasteiger partial charge is 0.0753 e. The zero-order chi connectivity index (χ0) is 13.9. The van der Waals surface area contributed by atoms with E-state index in [1.165, 1.54) is 32.2 Å². The summed E-state index contributed by atoms with van der Waals surface area (Å²) >= 11 is 0. The fourth-order valence-corrected chi connectivity index (χ4v) is 3.92. The van der Waals surface area contributed by atoms with Crippen LogP contribution < -0.4 is 5.32 Å². The molecule has 2 fully saturated rings. The summed E-state index contributed by atoms with van der Waals surface area (Å²) in [6, 6.07) is 0.716. The maximum absolute atomic E-state index is 5.82. The van der Waals surface area contributed by atoms with Gasteiger partial charge in [0.25, 0.3) is 0 Å².